The molecular weight excluding hydrogens is 472 g/mol. The number of nitrogens with zero attached hydrogens (tertiary/aromatic N) is 1. The number of benzene rings is 1. The average Bonchev–Trinajstić information content (AvgIpc) is 3.15. The Hall–Kier alpha value is -1.90. The van der Waals surface area contributed by atoms with Crippen LogP contribution in [-0.4, -0.2) is 69.3 Å². The molecule has 0 radical (unpaired) electrons. The number of nitrogens with one attached hydrogen (secondary N) is 1. The number of rotatable bonds is 9. The largest absolute Gasteiger partial charge is 0.444 e. The second kappa shape index (κ2) is 12.1. The van der Waals surface area contributed by atoms with Gasteiger partial charge >= 0.3 is 6.09 Å². The minimum Gasteiger partial charge on any atom is -0.444 e. The van der Waals surface area contributed by atoms with E-state index in [1.807, 2.05) is 58.0 Å². The molecule has 0 spiro atoms. The van der Waals surface area contributed by atoms with Crippen LogP contribution in [0.4, 0.5) is 4.79 Å². The van der Waals surface area contributed by atoms with Gasteiger partial charge < -0.3 is 19.2 Å². The fourth-order valence-electron chi connectivity index (χ4n) is 4.33. The summed E-state index contributed by atoms with van der Waals surface area (Å²) in [5.41, 5.74) is 0.550. The maximum Gasteiger partial charge on any atom is 0.410 e. The third-order valence-corrected chi connectivity index (χ3v) is 11.8. The van der Waals surface area contributed by atoms with Crippen molar-refractivity contribution in [3.8, 4) is 0 Å². The number of carbonyl (C=O) groups is 2. The molecule has 1 saturated heterocycles. The third kappa shape index (κ3) is 8.31. The molecule has 0 aliphatic carbocycles. The number of hydrogen-bond acceptors (Lipinski definition) is 5. The van der Waals surface area contributed by atoms with Gasteiger partial charge in [-0.05, 0) is 57.3 Å². The van der Waals surface area contributed by atoms with E-state index in [0.29, 0.717) is 19.5 Å². The van der Waals surface area contributed by atoms with Gasteiger partial charge in [0.15, 0.2) is 8.32 Å². The van der Waals surface area contributed by atoms with Gasteiger partial charge in [0.25, 0.3) is 0 Å². The molecule has 36 heavy (non-hydrogen) atoms. The molecule has 8 heteroatoms. The second-order valence-corrected chi connectivity index (χ2v) is 17.2. The Labute approximate surface area is 219 Å². The van der Waals surface area contributed by atoms with Gasteiger partial charge in [0.2, 0.25) is 5.91 Å². The Morgan fingerprint density at radius 3 is 2.25 bits per heavy atom. The maximum absolute atomic E-state index is 13.2. The summed E-state index contributed by atoms with van der Waals surface area (Å²) in [7, 11) is -0.449. The summed E-state index contributed by atoms with van der Waals surface area (Å²) in [6, 6.07) is 9.74. The smallest absolute Gasteiger partial charge is 0.410 e. The van der Waals surface area contributed by atoms with Crippen molar-refractivity contribution in [3.05, 3.63) is 35.9 Å². The molecule has 1 heterocycles. The van der Waals surface area contributed by atoms with E-state index >= 15 is 0 Å². The quantitative estimate of drug-likeness (QED) is 0.442. The fourth-order valence-corrected chi connectivity index (χ4v) is 5.68. The lowest BCUT2D eigenvalue weighted by atomic mass is 9.94. The summed E-state index contributed by atoms with van der Waals surface area (Å²) < 4.78 is 18.3. The van der Waals surface area contributed by atoms with E-state index in [1.165, 1.54) is 5.56 Å². The minimum atomic E-state index is -2.05. The molecule has 7 nitrogen and oxygen atoms in total. The predicted molar refractivity (Wildman–Crippen MR) is 147 cm³/mol. The number of carbonyl (C=O) groups excluding carboxylic acids is 2. The lowest BCUT2D eigenvalue weighted by Crippen LogP contribution is -2.50. The van der Waals surface area contributed by atoms with Crippen molar-refractivity contribution < 1.29 is 23.5 Å². The molecule has 0 unspecified atom stereocenters. The maximum atomic E-state index is 13.2. The molecule has 2 rings (SSSR count). The zero-order chi connectivity index (χ0) is 27.3. The molecule has 1 aliphatic rings. The topological polar surface area (TPSA) is 77.1 Å². The van der Waals surface area contributed by atoms with E-state index < -0.39 is 32.0 Å². The molecule has 1 aromatic rings. The van der Waals surface area contributed by atoms with Crippen molar-refractivity contribution >= 4 is 20.3 Å². The Kier molecular flexibility index (Phi) is 10.2. The average molecular weight is 521 g/mol. The lowest BCUT2D eigenvalue weighted by molar-refractivity contribution is -0.130. The van der Waals surface area contributed by atoms with Crippen LogP contribution in [0.25, 0.3) is 0 Å². The van der Waals surface area contributed by atoms with Crippen molar-refractivity contribution in [2.45, 2.75) is 103 Å². The van der Waals surface area contributed by atoms with Gasteiger partial charge in [-0.25, -0.2) is 4.79 Å². The van der Waals surface area contributed by atoms with Crippen LogP contribution in [0.3, 0.4) is 0 Å². The first-order chi connectivity index (χ1) is 16.6. The molecule has 1 aromatic carbocycles. The Morgan fingerprint density at radius 2 is 1.72 bits per heavy atom. The van der Waals surface area contributed by atoms with Crippen molar-refractivity contribution in [3.63, 3.8) is 0 Å². The van der Waals surface area contributed by atoms with Gasteiger partial charge in [-0.3, -0.25) is 9.69 Å². The van der Waals surface area contributed by atoms with Crippen LogP contribution in [-0.2, 0) is 25.1 Å². The highest BCUT2D eigenvalue weighted by Gasteiger charge is 2.48. The van der Waals surface area contributed by atoms with Crippen LogP contribution in [0.5, 0.6) is 0 Å². The normalized spacial score (nSPS) is 20.7. The van der Waals surface area contributed by atoms with E-state index in [0.717, 1.165) is 6.42 Å². The van der Waals surface area contributed by atoms with Gasteiger partial charge in [0.1, 0.15) is 5.60 Å². The standard InChI is InChI=1S/C28H48N2O5Si/c1-20(25(31)29-17-16-21-14-12-11-13-15-21)24(33-8)23-18-22(35-36(9,10)28(5,6)7)19-30(23)26(32)34-27(2,3)4/h11-15,20,22-24H,16-19H2,1-10H3,(H,29,31)/t20-,22-,23-,24-/m1/s1. The van der Waals surface area contributed by atoms with E-state index in [2.05, 4.69) is 39.2 Å². The highest BCUT2D eigenvalue weighted by atomic mass is 28.4. The van der Waals surface area contributed by atoms with Crippen LogP contribution >= 0.6 is 0 Å². The van der Waals surface area contributed by atoms with Crippen LogP contribution in [0.2, 0.25) is 18.1 Å². The highest BCUT2D eigenvalue weighted by molar-refractivity contribution is 6.74. The van der Waals surface area contributed by atoms with Crippen molar-refractivity contribution in [2.75, 3.05) is 20.2 Å². The first-order valence-corrected chi connectivity index (χ1v) is 16.0. The van der Waals surface area contributed by atoms with E-state index in [-0.39, 0.29) is 23.1 Å². The summed E-state index contributed by atoms with van der Waals surface area (Å²) in [6.07, 6.45) is 0.350. The van der Waals surface area contributed by atoms with E-state index in [1.54, 1.807) is 12.0 Å². The van der Waals surface area contributed by atoms with Crippen LogP contribution < -0.4 is 5.32 Å². The number of methoxy groups -OCH3 is 1. The molecule has 0 bridgehead atoms. The molecule has 4 atom stereocenters. The molecule has 1 N–H and O–H groups in total. The lowest BCUT2D eigenvalue weighted by Gasteiger charge is -2.38. The number of likely N-dealkylation sites (tertiary alicyclic amines) is 1. The molecule has 1 fully saturated rings. The van der Waals surface area contributed by atoms with Gasteiger partial charge in [-0.2, -0.15) is 0 Å². The first-order valence-electron chi connectivity index (χ1n) is 13.1. The van der Waals surface area contributed by atoms with Crippen LogP contribution in [0.15, 0.2) is 30.3 Å². The second-order valence-electron chi connectivity index (χ2n) is 12.5. The number of amides is 2. The van der Waals surface area contributed by atoms with Crippen molar-refractivity contribution in [1.29, 1.82) is 0 Å². The summed E-state index contributed by atoms with van der Waals surface area (Å²) >= 11 is 0. The fraction of sp³-hybridized carbons (Fsp3) is 0.714. The van der Waals surface area contributed by atoms with E-state index in [4.69, 9.17) is 13.9 Å². The monoisotopic (exact) mass is 520 g/mol. The minimum absolute atomic E-state index is 0.0500. The first kappa shape index (κ1) is 30.3. The molecule has 204 valence electrons. The highest BCUT2D eigenvalue weighted by Crippen LogP contribution is 2.40. The Balaban J connectivity index is 2.16. The van der Waals surface area contributed by atoms with Gasteiger partial charge in [0.05, 0.1) is 24.2 Å². The predicted octanol–water partition coefficient (Wildman–Crippen LogP) is 5.40. The summed E-state index contributed by atoms with van der Waals surface area (Å²) in [5, 5.41) is 3.09. The van der Waals surface area contributed by atoms with Gasteiger partial charge in [-0.1, -0.05) is 58.0 Å². The number of ether oxygens (including phenoxy) is 2. The summed E-state index contributed by atoms with van der Waals surface area (Å²) in [6.45, 7) is 19.5. The van der Waals surface area contributed by atoms with Gasteiger partial charge in [0, 0.05) is 20.2 Å². The molecule has 2 amide bonds. The Bertz CT molecular complexity index is 863. The van der Waals surface area contributed by atoms with Crippen LogP contribution in [0, 0.1) is 5.92 Å². The molecular formula is C28H48N2O5Si. The Morgan fingerprint density at radius 1 is 1.11 bits per heavy atom. The van der Waals surface area contributed by atoms with Crippen molar-refractivity contribution in [2.24, 2.45) is 5.92 Å². The third-order valence-electron chi connectivity index (χ3n) is 7.31. The van der Waals surface area contributed by atoms with Crippen molar-refractivity contribution in [1.82, 2.24) is 10.2 Å². The molecule has 1 aliphatic heterocycles. The molecule has 0 aromatic heterocycles. The summed E-state index contributed by atoms with van der Waals surface area (Å²) in [5.74, 6) is -0.539. The molecule has 0 saturated carbocycles. The van der Waals surface area contributed by atoms with E-state index in [9.17, 15) is 9.59 Å². The summed E-state index contributed by atoms with van der Waals surface area (Å²) in [4.78, 5) is 28.0. The van der Waals surface area contributed by atoms with Crippen LogP contribution in [0.1, 0.15) is 60.5 Å². The zero-order valence-corrected chi connectivity index (χ0v) is 25.0. The SMILES string of the molecule is CO[C@@H]([C@H]1C[C@@H](O[Si](C)(C)C(C)(C)C)CN1C(=O)OC(C)(C)C)[C@@H](C)C(=O)NCCc1ccccc1. The van der Waals surface area contributed by atoms with Gasteiger partial charge in [-0.15, -0.1) is 0 Å². The number of hydrogen-bond donors (Lipinski definition) is 1. The zero-order valence-electron chi connectivity index (χ0n) is 24.0.